The van der Waals surface area contributed by atoms with Crippen LogP contribution in [0.5, 0.6) is 0 Å². The Balaban J connectivity index is 1.50. The number of H-pyrrole nitrogens is 1. The maximum absolute atomic E-state index is 14.3. The number of carbonyl (C=O) groups is 1. The lowest BCUT2D eigenvalue weighted by Crippen LogP contribution is -2.53. The number of piperazine rings is 1. The minimum Gasteiger partial charge on any atom is -0.336 e. The van der Waals surface area contributed by atoms with E-state index in [4.69, 9.17) is 0 Å². The Hall–Kier alpha value is -2.87. The van der Waals surface area contributed by atoms with E-state index in [9.17, 15) is 13.6 Å². The minimum atomic E-state index is -0.606. The number of benzene rings is 2. The Morgan fingerprint density at radius 3 is 2.65 bits per heavy atom. The maximum atomic E-state index is 14.3. The molecule has 0 spiro atoms. The first-order valence-corrected chi connectivity index (χ1v) is 8.37. The van der Waals surface area contributed by atoms with Gasteiger partial charge in [-0.3, -0.25) is 4.79 Å². The Morgan fingerprint density at radius 1 is 1.15 bits per heavy atom. The van der Waals surface area contributed by atoms with Crippen molar-refractivity contribution in [2.75, 3.05) is 19.6 Å². The molecule has 4 rings (SSSR count). The van der Waals surface area contributed by atoms with E-state index in [1.807, 2.05) is 0 Å². The molecule has 8 heteroatoms. The van der Waals surface area contributed by atoms with Gasteiger partial charge in [0.05, 0.1) is 5.56 Å². The molecule has 1 aliphatic rings. The molecule has 1 saturated heterocycles. The fourth-order valence-corrected chi connectivity index (χ4v) is 3.25. The third kappa shape index (κ3) is 3.28. The van der Waals surface area contributed by atoms with Crippen LogP contribution in [0, 0.1) is 11.6 Å². The number of rotatable bonds is 3. The lowest BCUT2D eigenvalue weighted by Gasteiger charge is -2.34. The second-order valence-corrected chi connectivity index (χ2v) is 6.38. The number of nitrogens with one attached hydrogen (secondary N) is 2. The molecule has 1 unspecified atom stereocenters. The van der Waals surface area contributed by atoms with Crippen molar-refractivity contribution in [3.8, 4) is 0 Å². The summed E-state index contributed by atoms with van der Waals surface area (Å²) >= 11 is 0. The van der Waals surface area contributed by atoms with Gasteiger partial charge < -0.3 is 10.2 Å². The van der Waals surface area contributed by atoms with Crippen molar-refractivity contribution in [2.45, 2.75) is 12.5 Å². The summed E-state index contributed by atoms with van der Waals surface area (Å²) in [6.45, 7) is 1.56. The van der Waals surface area contributed by atoms with E-state index in [0.29, 0.717) is 37.1 Å². The van der Waals surface area contributed by atoms with Crippen LogP contribution in [0.1, 0.15) is 15.9 Å². The Kier molecular flexibility index (Phi) is 4.34. The van der Waals surface area contributed by atoms with E-state index in [2.05, 4.69) is 20.7 Å². The average Bonchev–Trinajstić information content (AvgIpc) is 3.10. The van der Waals surface area contributed by atoms with Crippen LogP contribution in [-0.2, 0) is 6.42 Å². The fourth-order valence-electron chi connectivity index (χ4n) is 3.25. The van der Waals surface area contributed by atoms with E-state index < -0.39 is 5.82 Å². The second-order valence-electron chi connectivity index (χ2n) is 6.38. The zero-order valence-electron chi connectivity index (χ0n) is 13.9. The van der Waals surface area contributed by atoms with Crippen LogP contribution in [0.4, 0.5) is 8.78 Å². The summed E-state index contributed by atoms with van der Waals surface area (Å²) in [6.07, 6.45) is 0.662. The molecule has 0 saturated carbocycles. The standard InChI is InChI=1S/C18H17F2N5O/c19-12-3-1-11(2-4-12)7-13-10-25(6-5-21-13)18(26)14-8-16-17(9-15(14)20)23-24-22-16/h1-4,8-9,13,21H,5-7,10H2,(H,22,23,24). The molecule has 6 nitrogen and oxygen atoms in total. The first-order valence-electron chi connectivity index (χ1n) is 8.37. The van der Waals surface area contributed by atoms with Crippen molar-refractivity contribution in [2.24, 2.45) is 0 Å². The minimum absolute atomic E-state index is 0.00571. The van der Waals surface area contributed by atoms with Crippen LogP contribution in [0.3, 0.4) is 0 Å². The van der Waals surface area contributed by atoms with Crippen molar-refractivity contribution in [1.82, 2.24) is 25.6 Å². The summed E-state index contributed by atoms with van der Waals surface area (Å²) in [5, 5.41) is 13.5. The van der Waals surface area contributed by atoms with Crippen LogP contribution >= 0.6 is 0 Å². The first-order chi connectivity index (χ1) is 12.6. The largest absolute Gasteiger partial charge is 0.336 e. The molecule has 2 aromatic carbocycles. The van der Waals surface area contributed by atoms with Crippen molar-refractivity contribution in [3.63, 3.8) is 0 Å². The summed E-state index contributed by atoms with van der Waals surface area (Å²) in [4.78, 5) is 14.4. The summed E-state index contributed by atoms with van der Waals surface area (Å²) < 4.78 is 27.3. The maximum Gasteiger partial charge on any atom is 0.257 e. The smallest absolute Gasteiger partial charge is 0.257 e. The average molecular weight is 357 g/mol. The first kappa shape index (κ1) is 16.6. The molecule has 2 heterocycles. The van der Waals surface area contributed by atoms with Gasteiger partial charge in [-0.1, -0.05) is 12.1 Å². The van der Waals surface area contributed by atoms with Gasteiger partial charge in [0.15, 0.2) is 0 Å². The highest BCUT2D eigenvalue weighted by atomic mass is 19.1. The van der Waals surface area contributed by atoms with Gasteiger partial charge in [0, 0.05) is 31.7 Å². The Bertz CT molecular complexity index is 940. The van der Waals surface area contributed by atoms with Crippen LogP contribution in [-0.4, -0.2) is 51.9 Å². The molecule has 1 amide bonds. The van der Waals surface area contributed by atoms with Gasteiger partial charge in [-0.2, -0.15) is 15.4 Å². The molecule has 26 heavy (non-hydrogen) atoms. The molecule has 1 aromatic heterocycles. The predicted octanol–water partition coefficient (Wildman–Crippen LogP) is 1.89. The Labute approximate surface area is 148 Å². The lowest BCUT2D eigenvalue weighted by molar-refractivity contribution is 0.0698. The number of fused-ring (bicyclic) bond motifs is 1. The van der Waals surface area contributed by atoms with E-state index in [1.165, 1.54) is 24.3 Å². The van der Waals surface area contributed by atoms with E-state index in [0.717, 1.165) is 5.56 Å². The van der Waals surface area contributed by atoms with E-state index >= 15 is 0 Å². The number of nitrogens with zero attached hydrogens (tertiary/aromatic N) is 3. The number of carbonyl (C=O) groups excluding carboxylic acids is 1. The summed E-state index contributed by atoms with van der Waals surface area (Å²) in [6, 6.07) is 8.97. The van der Waals surface area contributed by atoms with Gasteiger partial charge >= 0.3 is 0 Å². The number of aromatic nitrogens is 3. The monoisotopic (exact) mass is 357 g/mol. The van der Waals surface area contributed by atoms with Crippen molar-refractivity contribution < 1.29 is 13.6 Å². The molecule has 1 atom stereocenters. The van der Waals surface area contributed by atoms with Gasteiger partial charge in [0.2, 0.25) is 0 Å². The normalized spacial score (nSPS) is 17.6. The van der Waals surface area contributed by atoms with Crippen LogP contribution in [0.15, 0.2) is 36.4 Å². The summed E-state index contributed by atoms with van der Waals surface area (Å²) in [5.41, 5.74) is 1.81. The molecule has 0 aliphatic carbocycles. The molecular weight excluding hydrogens is 340 g/mol. The van der Waals surface area contributed by atoms with Crippen molar-refractivity contribution >= 4 is 16.9 Å². The molecule has 2 N–H and O–H groups in total. The quantitative estimate of drug-likeness (QED) is 0.751. The zero-order valence-corrected chi connectivity index (χ0v) is 13.9. The van der Waals surface area contributed by atoms with E-state index in [1.54, 1.807) is 17.0 Å². The number of aromatic amines is 1. The number of halogens is 2. The highest BCUT2D eigenvalue weighted by Crippen LogP contribution is 2.18. The van der Waals surface area contributed by atoms with Crippen LogP contribution in [0.2, 0.25) is 0 Å². The highest BCUT2D eigenvalue weighted by molar-refractivity contribution is 5.97. The van der Waals surface area contributed by atoms with Gasteiger partial charge in [-0.05, 0) is 30.2 Å². The summed E-state index contributed by atoms with van der Waals surface area (Å²) in [7, 11) is 0. The molecule has 1 aliphatic heterocycles. The third-order valence-electron chi connectivity index (χ3n) is 4.57. The van der Waals surface area contributed by atoms with Gasteiger partial charge in [-0.25, -0.2) is 8.78 Å². The van der Waals surface area contributed by atoms with Gasteiger partial charge in [0.25, 0.3) is 5.91 Å². The van der Waals surface area contributed by atoms with Crippen LogP contribution in [0.25, 0.3) is 11.0 Å². The molecule has 0 bridgehead atoms. The highest BCUT2D eigenvalue weighted by Gasteiger charge is 2.26. The second kappa shape index (κ2) is 6.80. The topological polar surface area (TPSA) is 73.9 Å². The molecule has 1 fully saturated rings. The molecule has 0 radical (unpaired) electrons. The molecular formula is C18H17F2N5O. The fraction of sp³-hybridized carbons (Fsp3) is 0.278. The van der Waals surface area contributed by atoms with E-state index in [-0.39, 0.29) is 23.3 Å². The third-order valence-corrected chi connectivity index (χ3v) is 4.57. The number of hydrogen-bond donors (Lipinski definition) is 2. The zero-order chi connectivity index (χ0) is 18.1. The van der Waals surface area contributed by atoms with Crippen molar-refractivity contribution in [3.05, 3.63) is 59.2 Å². The SMILES string of the molecule is O=C(c1cc2n[nH]nc2cc1F)N1CCNC(Cc2ccc(F)cc2)C1. The van der Waals surface area contributed by atoms with Crippen molar-refractivity contribution in [1.29, 1.82) is 0 Å². The van der Waals surface area contributed by atoms with Gasteiger partial charge in [0.1, 0.15) is 22.7 Å². The van der Waals surface area contributed by atoms with Gasteiger partial charge in [-0.15, -0.1) is 0 Å². The number of amides is 1. The summed E-state index contributed by atoms with van der Waals surface area (Å²) in [5.74, 6) is -1.25. The molecule has 3 aromatic rings. The van der Waals surface area contributed by atoms with Crippen LogP contribution < -0.4 is 5.32 Å². The molecule has 134 valence electrons. The Morgan fingerprint density at radius 2 is 1.88 bits per heavy atom. The lowest BCUT2D eigenvalue weighted by atomic mass is 10.0. The predicted molar refractivity (Wildman–Crippen MR) is 91.6 cm³/mol. The number of hydrogen-bond acceptors (Lipinski definition) is 4.